The smallest absolute Gasteiger partial charge is 0.273 e. The average molecular weight is 244 g/mol. The molecule has 1 aliphatic carbocycles. The molecule has 1 saturated carbocycles. The van der Waals surface area contributed by atoms with Gasteiger partial charge in [-0.3, -0.25) is 0 Å². The Kier molecular flexibility index (Phi) is 3.32. The third kappa shape index (κ3) is 2.84. The predicted molar refractivity (Wildman–Crippen MR) is 59.1 cm³/mol. The van der Waals surface area contributed by atoms with Gasteiger partial charge in [-0.1, -0.05) is 12.8 Å². The molecule has 0 aliphatic heterocycles. The van der Waals surface area contributed by atoms with Gasteiger partial charge in [-0.05, 0) is 24.5 Å². The van der Waals surface area contributed by atoms with Gasteiger partial charge in [0.25, 0.3) is 10.0 Å². The van der Waals surface area contributed by atoms with E-state index in [2.05, 4.69) is 4.72 Å². The third-order valence-corrected chi connectivity index (χ3v) is 3.98. The molecule has 1 aromatic rings. The van der Waals surface area contributed by atoms with Crippen LogP contribution in [0.4, 0.5) is 0 Å². The van der Waals surface area contributed by atoms with Crippen molar-refractivity contribution < 1.29 is 12.8 Å². The predicted octanol–water partition coefficient (Wildman–Crippen LogP) is 0.817. The molecule has 5 nitrogen and oxygen atoms in total. The number of hydrogen-bond donors (Lipinski definition) is 2. The molecule has 16 heavy (non-hydrogen) atoms. The van der Waals surface area contributed by atoms with Gasteiger partial charge in [-0.15, -0.1) is 0 Å². The van der Waals surface area contributed by atoms with Gasteiger partial charge in [-0.25, -0.2) is 13.1 Å². The second kappa shape index (κ2) is 4.57. The van der Waals surface area contributed by atoms with E-state index in [0.717, 1.165) is 6.42 Å². The second-order valence-electron chi connectivity index (χ2n) is 4.05. The third-order valence-electron chi connectivity index (χ3n) is 2.64. The lowest BCUT2D eigenvalue weighted by atomic mass is 10.3. The first kappa shape index (κ1) is 11.6. The number of rotatable bonds is 6. The van der Waals surface area contributed by atoms with E-state index in [4.69, 9.17) is 10.2 Å². The first-order chi connectivity index (χ1) is 7.62. The van der Waals surface area contributed by atoms with Gasteiger partial charge in [0.15, 0.2) is 0 Å². The summed E-state index contributed by atoms with van der Waals surface area (Å²) in [4.78, 5) is 0. The lowest BCUT2D eigenvalue weighted by molar-refractivity contribution is 0.412. The van der Waals surface area contributed by atoms with Crippen molar-refractivity contribution in [3.05, 3.63) is 17.9 Å². The normalized spacial score (nSPS) is 16.6. The summed E-state index contributed by atoms with van der Waals surface area (Å²) >= 11 is 0. The molecule has 0 bridgehead atoms. The van der Waals surface area contributed by atoms with Crippen molar-refractivity contribution in [1.29, 1.82) is 0 Å². The molecule has 0 amide bonds. The lowest BCUT2D eigenvalue weighted by Gasteiger charge is -2.02. The summed E-state index contributed by atoms with van der Waals surface area (Å²) in [5.41, 5.74) is 5.35. The Hall–Kier alpha value is -0.850. The zero-order chi connectivity index (χ0) is 11.6. The quantitative estimate of drug-likeness (QED) is 0.775. The number of hydrogen-bond acceptors (Lipinski definition) is 4. The van der Waals surface area contributed by atoms with E-state index in [-0.39, 0.29) is 11.6 Å². The minimum Gasteiger partial charge on any atom is -0.447 e. The Morgan fingerprint density at radius 3 is 2.75 bits per heavy atom. The van der Waals surface area contributed by atoms with Gasteiger partial charge >= 0.3 is 0 Å². The van der Waals surface area contributed by atoms with Crippen LogP contribution in [0.2, 0.25) is 0 Å². The van der Waals surface area contributed by atoms with E-state index in [0.29, 0.717) is 18.2 Å². The summed E-state index contributed by atoms with van der Waals surface area (Å²) < 4.78 is 31.1. The highest BCUT2D eigenvalue weighted by molar-refractivity contribution is 7.89. The first-order valence-electron chi connectivity index (χ1n) is 5.40. The van der Waals surface area contributed by atoms with Gasteiger partial charge in [-0.2, -0.15) is 0 Å². The topological polar surface area (TPSA) is 85.3 Å². The SMILES string of the molecule is NCc1ccc(S(=O)(=O)NCCC2CC2)o1. The van der Waals surface area contributed by atoms with Crippen LogP contribution in [0.25, 0.3) is 0 Å². The maximum absolute atomic E-state index is 11.7. The molecule has 0 saturated heterocycles. The van der Waals surface area contributed by atoms with Gasteiger partial charge in [0, 0.05) is 6.54 Å². The van der Waals surface area contributed by atoms with Crippen LogP contribution in [0, 0.1) is 5.92 Å². The maximum Gasteiger partial charge on any atom is 0.273 e. The van der Waals surface area contributed by atoms with Gasteiger partial charge in [0.05, 0.1) is 6.54 Å². The number of nitrogens with one attached hydrogen (secondary N) is 1. The standard InChI is InChI=1S/C10H16N2O3S/c11-7-9-3-4-10(15-9)16(13,14)12-6-5-8-1-2-8/h3-4,8,12H,1-2,5-7,11H2. The molecule has 1 aromatic heterocycles. The van der Waals surface area contributed by atoms with Crippen LogP contribution in [0.1, 0.15) is 25.0 Å². The fourth-order valence-corrected chi connectivity index (χ4v) is 2.48. The molecule has 1 aliphatic rings. The number of sulfonamides is 1. The lowest BCUT2D eigenvalue weighted by Crippen LogP contribution is -2.24. The molecule has 0 atom stereocenters. The van der Waals surface area contributed by atoms with Crippen LogP contribution < -0.4 is 10.5 Å². The Balaban J connectivity index is 1.94. The Morgan fingerprint density at radius 2 is 2.19 bits per heavy atom. The maximum atomic E-state index is 11.7. The highest BCUT2D eigenvalue weighted by Crippen LogP contribution is 2.31. The molecular formula is C10H16N2O3S. The Bertz CT molecular complexity index is 448. The molecular weight excluding hydrogens is 228 g/mol. The van der Waals surface area contributed by atoms with Crippen LogP contribution in [-0.4, -0.2) is 15.0 Å². The molecule has 3 N–H and O–H groups in total. The molecule has 2 rings (SSSR count). The Morgan fingerprint density at radius 1 is 1.44 bits per heavy atom. The van der Waals surface area contributed by atoms with Gasteiger partial charge < -0.3 is 10.2 Å². The van der Waals surface area contributed by atoms with E-state index in [1.54, 1.807) is 6.07 Å². The summed E-state index contributed by atoms with van der Waals surface area (Å²) in [6.45, 7) is 0.684. The number of nitrogens with two attached hydrogens (primary N) is 1. The molecule has 1 heterocycles. The van der Waals surface area contributed by atoms with Crippen LogP contribution in [0.3, 0.4) is 0 Å². The van der Waals surface area contributed by atoms with Crippen molar-refractivity contribution in [3.8, 4) is 0 Å². The highest BCUT2D eigenvalue weighted by Gasteiger charge is 2.23. The Labute approximate surface area is 95.1 Å². The highest BCUT2D eigenvalue weighted by atomic mass is 32.2. The van der Waals surface area contributed by atoms with Crippen LogP contribution in [0.15, 0.2) is 21.6 Å². The van der Waals surface area contributed by atoms with E-state index < -0.39 is 10.0 Å². The molecule has 90 valence electrons. The minimum absolute atomic E-state index is 0.0521. The first-order valence-corrected chi connectivity index (χ1v) is 6.88. The minimum atomic E-state index is -3.49. The van der Waals surface area contributed by atoms with E-state index in [1.165, 1.54) is 18.9 Å². The monoisotopic (exact) mass is 244 g/mol. The molecule has 0 spiro atoms. The van der Waals surface area contributed by atoms with E-state index in [9.17, 15) is 8.42 Å². The summed E-state index contributed by atoms with van der Waals surface area (Å²) in [6.07, 6.45) is 3.35. The van der Waals surface area contributed by atoms with Crippen molar-refractivity contribution in [3.63, 3.8) is 0 Å². The van der Waals surface area contributed by atoms with Crippen LogP contribution in [-0.2, 0) is 16.6 Å². The zero-order valence-corrected chi connectivity index (χ0v) is 9.79. The molecule has 0 unspecified atom stereocenters. The number of furan rings is 1. The fourth-order valence-electron chi connectivity index (χ4n) is 1.49. The average Bonchev–Trinajstić information content (AvgIpc) is 2.93. The fraction of sp³-hybridized carbons (Fsp3) is 0.600. The van der Waals surface area contributed by atoms with Crippen LogP contribution in [0.5, 0.6) is 0 Å². The van der Waals surface area contributed by atoms with Crippen molar-refractivity contribution in [1.82, 2.24) is 4.72 Å². The second-order valence-corrected chi connectivity index (χ2v) is 5.75. The summed E-state index contributed by atoms with van der Waals surface area (Å²) in [7, 11) is -3.49. The van der Waals surface area contributed by atoms with Crippen molar-refractivity contribution in [2.75, 3.05) is 6.54 Å². The van der Waals surface area contributed by atoms with Gasteiger partial charge in [0.1, 0.15) is 5.76 Å². The molecule has 6 heteroatoms. The van der Waals surface area contributed by atoms with Crippen molar-refractivity contribution in [2.24, 2.45) is 11.7 Å². The van der Waals surface area contributed by atoms with Crippen molar-refractivity contribution >= 4 is 10.0 Å². The summed E-state index contributed by atoms with van der Waals surface area (Å²) in [6, 6.07) is 3.01. The van der Waals surface area contributed by atoms with E-state index in [1.807, 2.05) is 0 Å². The van der Waals surface area contributed by atoms with Crippen LogP contribution >= 0.6 is 0 Å². The summed E-state index contributed by atoms with van der Waals surface area (Å²) in [5, 5.41) is -0.0521. The zero-order valence-electron chi connectivity index (χ0n) is 8.98. The van der Waals surface area contributed by atoms with Gasteiger partial charge in [0.2, 0.25) is 5.09 Å². The van der Waals surface area contributed by atoms with E-state index >= 15 is 0 Å². The largest absolute Gasteiger partial charge is 0.447 e. The summed E-state index contributed by atoms with van der Waals surface area (Å²) in [5.74, 6) is 1.18. The van der Waals surface area contributed by atoms with Crippen molar-refractivity contribution in [2.45, 2.75) is 30.9 Å². The molecule has 0 aromatic carbocycles. The molecule has 1 fully saturated rings. The molecule has 0 radical (unpaired) electrons.